The average Bonchev–Trinajstić information content (AvgIpc) is 2.37. The highest BCUT2D eigenvalue weighted by atomic mass is 16.5. The molecule has 5 nitrogen and oxygen atoms in total. The van der Waals surface area contributed by atoms with Crippen LogP contribution in [0, 0.1) is 0 Å². The zero-order valence-corrected chi connectivity index (χ0v) is 11.5. The molecule has 1 rings (SSSR count). The van der Waals surface area contributed by atoms with E-state index in [0.29, 0.717) is 17.2 Å². The number of hydrogen-bond donors (Lipinski definition) is 2. The van der Waals surface area contributed by atoms with Crippen molar-refractivity contribution < 1.29 is 19.3 Å². The van der Waals surface area contributed by atoms with Crippen LogP contribution in [0.25, 0.3) is 0 Å². The Balaban J connectivity index is 3.30. The maximum Gasteiger partial charge on any atom is 0.203 e. The summed E-state index contributed by atoms with van der Waals surface area (Å²) in [6.45, 7) is 1.73. The van der Waals surface area contributed by atoms with Crippen molar-refractivity contribution in [3.8, 4) is 17.2 Å². The Morgan fingerprint density at radius 2 is 1.56 bits per heavy atom. The first-order chi connectivity index (χ1) is 8.58. The van der Waals surface area contributed by atoms with Crippen molar-refractivity contribution in [3.63, 3.8) is 0 Å². The quantitative estimate of drug-likeness (QED) is 0.803. The first kappa shape index (κ1) is 14.6. The normalized spacial score (nSPS) is 13.9. The van der Waals surface area contributed by atoms with Crippen molar-refractivity contribution in [1.29, 1.82) is 0 Å². The molecule has 2 N–H and O–H groups in total. The third-order valence-corrected chi connectivity index (χ3v) is 2.84. The van der Waals surface area contributed by atoms with Crippen LogP contribution in [0.3, 0.4) is 0 Å². The number of benzene rings is 1. The van der Waals surface area contributed by atoms with E-state index in [1.54, 1.807) is 35.3 Å². The summed E-state index contributed by atoms with van der Waals surface area (Å²) in [7, 11) is 6.49. The third-order valence-electron chi connectivity index (χ3n) is 2.84. The Morgan fingerprint density at radius 1 is 1.06 bits per heavy atom. The summed E-state index contributed by atoms with van der Waals surface area (Å²) in [5, 5.41) is 12.8. The van der Waals surface area contributed by atoms with Gasteiger partial charge in [0, 0.05) is 0 Å². The molecule has 0 aliphatic rings. The van der Waals surface area contributed by atoms with Gasteiger partial charge in [0.1, 0.15) is 0 Å². The van der Waals surface area contributed by atoms with Crippen molar-refractivity contribution >= 4 is 0 Å². The number of nitrogens with one attached hydrogen (secondary N) is 1. The van der Waals surface area contributed by atoms with Crippen LogP contribution in [0.1, 0.15) is 18.5 Å². The van der Waals surface area contributed by atoms with Gasteiger partial charge in [0.2, 0.25) is 5.75 Å². The minimum absolute atomic E-state index is 0.196. The van der Waals surface area contributed by atoms with Crippen LogP contribution in [-0.4, -0.2) is 39.6 Å². The Labute approximate surface area is 108 Å². The Kier molecular flexibility index (Phi) is 5.25. The molecule has 0 heterocycles. The number of rotatable bonds is 6. The molecule has 0 bridgehead atoms. The van der Waals surface area contributed by atoms with Crippen LogP contribution in [0.15, 0.2) is 12.1 Å². The largest absolute Gasteiger partial charge is 0.493 e. The van der Waals surface area contributed by atoms with E-state index >= 15 is 0 Å². The molecule has 102 valence electrons. The molecule has 0 aliphatic heterocycles. The van der Waals surface area contributed by atoms with Crippen molar-refractivity contribution in [1.82, 2.24) is 5.32 Å². The van der Waals surface area contributed by atoms with Crippen LogP contribution >= 0.6 is 0 Å². The van der Waals surface area contributed by atoms with Gasteiger partial charge in [-0.2, -0.15) is 0 Å². The van der Waals surface area contributed by atoms with Gasteiger partial charge in [0.25, 0.3) is 0 Å². The number of aliphatic hydroxyl groups is 1. The number of ether oxygens (including phenoxy) is 3. The molecule has 0 amide bonds. The topological polar surface area (TPSA) is 60.0 Å². The monoisotopic (exact) mass is 255 g/mol. The zero-order valence-electron chi connectivity index (χ0n) is 11.5. The lowest BCUT2D eigenvalue weighted by Gasteiger charge is -2.22. The number of likely N-dealkylation sites (N-methyl/N-ethyl adjacent to an activating group) is 1. The molecule has 2 unspecified atom stereocenters. The van der Waals surface area contributed by atoms with Crippen LogP contribution < -0.4 is 19.5 Å². The minimum atomic E-state index is -0.530. The maximum absolute atomic E-state index is 9.74. The molecule has 0 fully saturated rings. The molecular weight excluding hydrogens is 234 g/mol. The zero-order chi connectivity index (χ0) is 13.7. The fourth-order valence-electron chi connectivity index (χ4n) is 1.97. The van der Waals surface area contributed by atoms with Gasteiger partial charge in [0.15, 0.2) is 11.5 Å². The summed E-state index contributed by atoms with van der Waals surface area (Å²) in [6.07, 6.45) is -0.530. The van der Waals surface area contributed by atoms with E-state index in [-0.39, 0.29) is 6.04 Å². The second-order valence-corrected chi connectivity index (χ2v) is 3.97. The fourth-order valence-corrected chi connectivity index (χ4v) is 1.97. The highest BCUT2D eigenvalue weighted by molar-refractivity contribution is 5.54. The lowest BCUT2D eigenvalue weighted by Crippen LogP contribution is -2.27. The van der Waals surface area contributed by atoms with E-state index in [1.807, 2.05) is 12.1 Å². The number of hydrogen-bond acceptors (Lipinski definition) is 5. The minimum Gasteiger partial charge on any atom is -0.493 e. The van der Waals surface area contributed by atoms with E-state index in [4.69, 9.17) is 14.2 Å². The van der Waals surface area contributed by atoms with E-state index in [2.05, 4.69) is 5.32 Å². The van der Waals surface area contributed by atoms with E-state index in [1.165, 1.54) is 0 Å². The molecule has 0 spiro atoms. The van der Waals surface area contributed by atoms with Gasteiger partial charge < -0.3 is 24.6 Å². The van der Waals surface area contributed by atoms with Crippen LogP contribution in [0.2, 0.25) is 0 Å². The smallest absolute Gasteiger partial charge is 0.203 e. The SMILES string of the molecule is CNC(c1cc(OC)c(OC)c(OC)c1)C(C)O. The van der Waals surface area contributed by atoms with Crippen LogP contribution in [0.5, 0.6) is 17.2 Å². The predicted octanol–water partition coefficient (Wildman–Crippen LogP) is 1.35. The van der Waals surface area contributed by atoms with Crippen LogP contribution in [0.4, 0.5) is 0 Å². The van der Waals surface area contributed by atoms with E-state index in [0.717, 1.165) is 5.56 Å². The van der Waals surface area contributed by atoms with Crippen molar-refractivity contribution in [2.45, 2.75) is 19.1 Å². The maximum atomic E-state index is 9.74. The van der Waals surface area contributed by atoms with Gasteiger partial charge in [-0.25, -0.2) is 0 Å². The first-order valence-corrected chi connectivity index (χ1v) is 5.74. The van der Waals surface area contributed by atoms with Gasteiger partial charge in [-0.05, 0) is 31.7 Å². The third kappa shape index (κ3) is 2.86. The Bertz CT molecular complexity index is 368. The second kappa shape index (κ2) is 6.47. The van der Waals surface area contributed by atoms with Crippen molar-refractivity contribution in [2.24, 2.45) is 0 Å². The molecule has 0 radical (unpaired) electrons. The molecular formula is C13H21NO4. The molecule has 0 saturated carbocycles. The van der Waals surface area contributed by atoms with Gasteiger partial charge >= 0.3 is 0 Å². The van der Waals surface area contributed by atoms with E-state index in [9.17, 15) is 5.11 Å². The lowest BCUT2D eigenvalue weighted by molar-refractivity contribution is 0.149. The summed E-state index contributed by atoms with van der Waals surface area (Å²) in [4.78, 5) is 0. The van der Waals surface area contributed by atoms with Crippen molar-refractivity contribution in [3.05, 3.63) is 17.7 Å². The molecule has 0 aromatic heterocycles. The fraction of sp³-hybridized carbons (Fsp3) is 0.538. The summed E-state index contributed by atoms with van der Waals surface area (Å²) in [6, 6.07) is 3.46. The number of methoxy groups -OCH3 is 3. The predicted molar refractivity (Wildman–Crippen MR) is 69.6 cm³/mol. The van der Waals surface area contributed by atoms with Gasteiger partial charge in [0.05, 0.1) is 33.5 Å². The molecule has 5 heteroatoms. The van der Waals surface area contributed by atoms with Gasteiger partial charge in [-0.15, -0.1) is 0 Å². The standard InChI is InChI=1S/C13H21NO4/c1-8(15)12(14-2)9-6-10(16-3)13(18-5)11(7-9)17-4/h6-8,12,14-15H,1-5H3. The average molecular weight is 255 g/mol. The first-order valence-electron chi connectivity index (χ1n) is 5.74. The summed E-state index contributed by atoms with van der Waals surface area (Å²) in [5.74, 6) is 1.70. The molecule has 0 aliphatic carbocycles. The van der Waals surface area contributed by atoms with Gasteiger partial charge in [-0.3, -0.25) is 0 Å². The lowest BCUT2D eigenvalue weighted by atomic mass is 10.0. The Morgan fingerprint density at radius 3 is 1.83 bits per heavy atom. The molecule has 2 atom stereocenters. The molecule has 18 heavy (non-hydrogen) atoms. The second-order valence-electron chi connectivity index (χ2n) is 3.97. The number of aliphatic hydroxyl groups excluding tert-OH is 1. The Hall–Kier alpha value is -1.46. The van der Waals surface area contributed by atoms with Crippen LogP contribution in [-0.2, 0) is 0 Å². The molecule has 1 aromatic rings. The molecule has 1 aromatic carbocycles. The summed E-state index contributed by atoms with van der Waals surface area (Å²) in [5.41, 5.74) is 0.877. The highest BCUT2D eigenvalue weighted by Crippen LogP contribution is 2.40. The van der Waals surface area contributed by atoms with Crippen molar-refractivity contribution in [2.75, 3.05) is 28.4 Å². The summed E-state index contributed by atoms with van der Waals surface area (Å²) < 4.78 is 15.8. The highest BCUT2D eigenvalue weighted by Gasteiger charge is 2.20. The van der Waals surface area contributed by atoms with E-state index < -0.39 is 6.10 Å². The molecule has 0 saturated heterocycles. The summed E-state index contributed by atoms with van der Waals surface area (Å²) >= 11 is 0. The van der Waals surface area contributed by atoms with Gasteiger partial charge in [-0.1, -0.05) is 0 Å².